The molecule has 3 nitrogen and oxygen atoms in total. The van der Waals surface area contributed by atoms with E-state index < -0.39 is 0 Å². The lowest BCUT2D eigenvalue weighted by atomic mass is 10.1. The molecule has 0 atom stereocenters. The number of amides is 1. The molecule has 0 radical (unpaired) electrons. The third kappa shape index (κ3) is 3.48. The Morgan fingerprint density at radius 1 is 1.21 bits per heavy atom. The monoisotopic (exact) mass is 274 g/mol. The van der Waals surface area contributed by atoms with Crippen molar-refractivity contribution < 1.29 is 4.79 Å². The van der Waals surface area contributed by atoms with E-state index in [1.54, 1.807) is 24.3 Å². The molecule has 0 unspecified atom stereocenters. The summed E-state index contributed by atoms with van der Waals surface area (Å²) in [5, 5.41) is 3.55. The van der Waals surface area contributed by atoms with E-state index in [9.17, 15) is 4.79 Å². The fourth-order valence-electron chi connectivity index (χ4n) is 1.76. The van der Waals surface area contributed by atoms with Gasteiger partial charge in [0.05, 0.1) is 0 Å². The predicted octanol–water partition coefficient (Wildman–Crippen LogP) is 3.16. The van der Waals surface area contributed by atoms with Gasteiger partial charge in [0.1, 0.15) is 0 Å². The Kier molecular flexibility index (Phi) is 4.07. The largest absolute Gasteiger partial charge is 0.399 e. The minimum atomic E-state index is -0.125. The van der Waals surface area contributed by atoms with E-state index >= 15 is 0 Å². The molecule has 0 saturated carbocycles. The highest BCUT2D eigenvalue weighted by Crippen LogP contribution is 2.13. The Labute approximate surface area is 117 Å². The van der Waals surface area contributed by atoms with Crippen molar-refractivity contribution in [3.63, 3.8) is 0 Å². The van der Waals surface area contributed by atoms with Crippen LogP contribution in [0.1, 0.15) is 21.5 Å². The first-order valence-corrected chi connectivity index (χ1v) is 6.33. The second kappa shape index (κ2) is 5.76. The van der Waals surface area contributed by atoms with Crippen molar-refractivity contribution in [2.75, 3.05) is 5.73 Å². The fraction of sp³-hybridized carbons (Fsp3) is 0.133. The van der Waals surface area contributed by atoms with E-state index in [0.29, 0.717) is 22.8 Å². The molecule has 98 valence electrons. The predicted molar refractivity (Wildman–Crippen MR) is 78.2 cm³/mol. The maximum Gasteiger partial charge on any atom is 0.251 e. The van der Waals surface area contributed by atoms with Crippen LogP contribution in [0.3, 0.4) is 0 Å². The third-order valence-electron chi connectivity index (χ3n) is 2.87. The van der Waals surface area contributed by atoms with E-state index in [2.05, 4.69) is 5.32 Å². The van der Waals surface area contributed by atoms with Crippen molar-refractivity contribution >= 4 is 23.2 Å². The number of hydrogen-bond donors (Lipinski definition) is 2. The summed E-state index contributed by atoms with van der Waals surface area (Å²) >= 11 is 5.81. The maximum atomic E-state index is 12.1. The summed E-state index contributed by atoms with van der Waals surface area (Å²) < 4.78 is 0. The van der Waals surface area contributed by atoms with E-state index in [4.69, 9.17) is 17.3 Å². The van der Waals surface area contributed by atoms with Gasteiger partial charge in [0, 0.05) is 22.8 Å². The molecular weight excluding hydrogens is 260 g/mol. The SMILES string of the molecule is Cc1ccc(N)cc1C(=O)NCc1ccc(Cl)cc1. The Hall–Kier alpha value is -2.00. The van der Waals surface area contributed by atoms with Crippen LogP contribution in [-0.4, -0.2) is 5.91 Å². The lowest BCUT2D eigenvalue weighted by Gasteiger charge is -2.08. The van der Waals surface area contributed by atoms with E-state index in [1.807, 2.05) is 25.1 Å². The average molecular weight is 275 g/mol. The molecule has 0 bridgehead atoms. The van der Waals surface area contributed by atoms with Crippen LogP contribution in [0.25, 0.3) is 0 Å². The molecule has 0 aliphatic carbocycles. The summed E-state index contributed by atoms with van der Waals surface area (Å²) in [5.41, 5.74) is 8.79. The van der Waals surface area contributed by atoms with Gasteiger partial charge >= 0.3 is 0 Å². The van der Waals surface area contributed by atoms with E-state index in [-0.39, 0.29) is 5.91 Å². The molecule has 0 fully saturated rings. The molecular formula is C15H15ClN2O. The number of benzene rings is 2. The van der Waals surface area contributed by atoms with Gasteiger partial charge in [0.15, 0.2) is 0 Å². The third-order valence-corrected chi connectivity index (χ3v) is 3.12. The van der Waals surface area contributed by atoms with Crippen molar-refractivity contribution in [2.45, 2.75) is 13.5 Å². The number of rotatable bonds is 3. The fourth-order valence-corrected chi connectivity index (χ4v) is 1.89. The van der Waals surface area contributed by atoms with Gasteiger partial charge in [0.2, 0.25) is 0 Å². The van der Waals surface area contributed by atoms with Gasteiger partial charge in [-0.2, -0.15) is 0 Å². The molecule has 4 heteroatoms. The van der Waals surface area contributed by atoms with Crippen LogP contribution in [-0.2, 0) is 6.54 Å². The number of nitrogens with one attached hydrogen (secondary N) is 1. The number of hydrogen-bond acceptors (Lipinski definition) is 2. The van der Waals surface area contributed by atoms with E-state index in [0.717, 1.165) is 11.1 Å². The maximum absolute atomic E-state index is 12.1. The molecule has 19 heavy (non-hydrogen) atoms. The zero-order valence-corrected chi connectivity index (χ0v) is 11.4. The lowest BCUT2D eigenvalue weighted by Crippen LogP contribution is -2.23. The number of aryl methyl sites for hydroxylation is 1. The average Bonchev–Trinajstić information content (AvgIpc) is 2.40. The minimum Gasteiger partial charge on any atom is -0.399 e. The zero-order chi connectivity index (χ0) is 13.8. The molecule has 2 rings (SSSR count). The molecule has 0 aliphatic heterocycles. The quantitative estimate of drug-likeness (QED) is 0.845. The first kappa shape index (κ1) is 13.4. The number of halogens is 1. The molecule has 3 N–H and O–H groups in total. The van der Waals surface area contributed by atoms with Gasteiger partial charge in [0.25, 0.3) is 5.91 Å². The number of anilines is 1. The van der Waals surface area contributed by atoms with Crippen LogP contribution >= 0.6 is 11.6 Å². The molecule has 1 amide bonds. The van der Waals surface area contributed by atoms with Gasteiger partial charge in [-0.25, -0.2) is 0 Å². The molecule has 0 spiro atoms. The summed E-state index contributed by atoms with van der Waals surface area (Å²) in [6.45, 7) is 2.35. The van der Waals surface area contributed by atoms with Crippen molar-refractivity contribution in [1.29, 1.82) is 0 Å². The van der Waals surface area contributed by atoms with Crippen LogP contribution in [0.4, 0.5) is 5.69 Å². The van der Waals surface area contributed by atoms with Crippen molar-refractivity contribution in [3.8, 4) is 0 Å². The van der Waals surface area contributed by atoms with Gasteiger partial charge in [-0.1, -0.05) is 29.8 Å². The molecule has 0 saturated heterocycles. The Morgan fingerprint density at radius 3 is 2.58 bits per heavy atom. The highest BCUT2D eigenvalue weighted by Gasteiger charge is 2.08. The van der Waals surface area contributed by atoms with Gasteiger partial charge in [-0.05, 0) is 42.3 Å². The smallest absolute Gasteiger partial charge is 0.251 e. The van der Waals surface area contributed by atoms with Crippen LogP contribution < -0.4 is 11.1 Å². The Morgan fingerprint density at radius 2 is 1.89 bits per heavy atom. The topological polar surface area (TPSA) is 55.1 Å². The summed E-state index contributed by atoms with van der Waals surface area (Å²) in [5.74, 6) is -0.125. The first-order chi connectivity index (χ1) is 9.06. The number of carbonyl (C=O) groups excluding carboxylic acids is 1. The summed E-state index contributed by atoms with van der Waals surface area (Å²) in [7, 11) is 0. The standard InChI is InChI=1S/C15H15ClN2O/c1-10-2-7-13(17)8-14(10)15(19)18-9-11-3-5-12(16)6-4-11/h2-8H,9,17H2,1H3,(H,18,19). The number of carbonyl (C=O) groups is 1. The van der Waals surface area contributed by atoms with Crippen molar-refractivity contribution in [1.82, 2.24) is 5.32 Å². The second-order valence-corrected chi connectivity index (χ2v) is 4.82. The molecule has 2 aromatic rings. The minimum absolute atomic E-state index is 0.125. The Bertz CT molecular complexity index is 594. The molecule has 0 aliphatic rings. The van der Waals surface area contributed by atoms with Crippen LogP contribution in [0.15, 0.2) is 42.5 Å². The Balaban J connectivity index is 2.05. The summed E-state index contributed by atoms with van der Waals surface area (Å²) in [4.78, 5) is 12.1. The first-order valence-electron chi connectivity index (χ1n) is 5.95. The second-order valence-electron chi connectivity index (χ2n) is 4.38. The van der Waals surface area contributed by atoms with Gasteiger partial charge in [-0.3, -0.25) is 4.79 Å². The van der Waals surface area contributed by atoms with Crippen LogP contribution in [0.2, 0.25) is 5.02 Å². The van der Waals surface area contributed by atoms with Crippen LogP contribution in [0, 0.1) is 6.92 Å². The van der Waals surface area contributed by atoms with Crippen molar-refractivity contribution in [3.05, 3.63) is 64.2 Å². The van der Waals surface area contributed by atoms with E-state index in [1.165, 1.54) is 0 Å². The molecule has 2 aromatic carbocycles. The highest BCUT2D eigenvalue weighted by atomic mass is 35.5. The number of nitrogen functional groups attached to an aromatic ring is 1. The summed E-state index contributed by atoms with van der Waals surface area (Å²) in [6.07, 6.45) is 0. The van der Waals surface area contributed by atoms with Crippen molar-refractivity contribution in [2.24, 2.45) is 0 Å². The molecule has 0 heterocycles. The highest BCUT2D eigenvalue weighted by molar-refractivity contribution is 6.30. The summed E-state index contributed by atoms with van der Waals surface area (Å²) in [6, 6.07) is 12.7. The van der Waals surface area contributed by atoms with Crippen LogP contribution in [0.5, 0.6) is 0 Å². The zero-order valence-electron chi connectivity index (χ0n) is 10.6. The van der Waals surface area contributed by atoms with Gasteiger partial charge < -0.3 is 11.1 Å². The lowest BCUT2D eigenvalue weighted by molar-refractivity contribution is 0.0950. The molecule has 0 aromatic heterocycles. The number of nitrogens with two attached hydrogens (primary N) is 1. The van der Waals surface area contributed by atoms with Gasteiger partial charge in [-0.15, -0.1) is 0 Å². The normalized spacial score (nSPS) is 10.2.